The number of benzene rings is 1. The number of thiophene rings is 1. The van der Waals surface area contributed by atoms with Crippen LogP contribution in [0.1, 0.15) is 20.8 Å². The highest BCUT2D eigenvalue weighted by molar-refractivity contribution is 7.17. The smallest absolute Gasteiger partial charge is 0.324 e. The van der Waals surface area contributed by atoms with E-state index in [0.717, 1.165) is 28.2 Å². The van der Waals surface area contributed by atoms with Crippen LogP contribution in [0.3, 0.4) is 0 Å². The number of nitrogens with one attached hydrogen (secondary N) is 1. The molecular weight excluding hydrogens is 380 g/mol. The van der Waals surface area contributed by atoms with E-state index in [0.29, 0.717) is 31.1 Å². The zero-order chi connectivity index (χ0) is 20.3. The summed E-state index contributed by atoms with van der Waals surface area (Å²) in [5.74, 6) is -0.274. The molecule has 0 radical (unpaired) electrons. The molecule has 0 aliphatic carbocycles. The van der Waals surface area contributed by atoms with Crippen LogP contribution in [0.2, 0.25) is 0 Å². The SMILES string of the molecule is Cc1cccc(C)c1NC(=O)CN1CCN(C(=O)c2ccc([N+](=O)[O-])s2)CC1. The lowest BCUT2D eigenvalue weighted by Gasteiger charge is -2.34. The molecule has 1 aromatic carbocycles. The average molecular weight is 402 g/mol. The van der Waals surface area contributed by atoms with Gasteiger partial charge in [-0.1, -0.05) is 29.5 Å². The van der Waals surface area contributed by atoms with Gasteiger partial charge in [0.15, 0.2) is 0 Å². The number of piperazine rings is 1. The number of rotatable bonds is 5. The second-order valence-corrected chi connectivity index (χ2v) is 7.84. The summed E-state index contributed by atoms with van der Waals surface area (Å²) in [4.78, 5) is 39.2. The molecule has 2 aromatic rings. The van der Waals surface area contributed by atoms with Crippen molar-refractivity contribution in [2.24, 2.45) is 0 Å². The Morgan fingerprint density at radius 2 is 1.75 bits per heavy atom. The van der Waals surface area contributed by atoms with E-state index in [-0.39, 0.29) is 23.4 Å². The van der Waals surface area contributed by atoms with Gasteiger partial charge in [-0.25, -0.2) is 0 Å². The van der Waals surface area contributed by atoms with Crippen LogP contribution >= 0.6 is 11.3 Å². The third kappa shape index (κ3) is 4.55. The van der Waals surface area contributed by atoms with Crippen LogP contribution in [0.4, 0.5) is 10.7 Å². The third-order valence-corrected chi connectivity index (χ3v) is 5.78. The molecule has 3 rings (SSSR count). The standard InChI is InChI=1S/C19H22N4O4S/c1-13-4-3-5-14(2)18(13)20-16(24)12-21-8-10-22(11-9-21)19(25)15-6-7-17(28-15)23(26)27/h3-7H,8-12H2,1-2H3,(H,20,24). The fourth-order valence-corrected chi connectivity index (χ4v) is 3.99. The number of nitro groups is 1. The Labute approximate surface area is 166 Å². The molecule has 1 aromatic heterocycles. The Balaban J connectivity index is 1.51. The van der Waals surface area contributed by atoms with E-state index < -0.39 is 4.92 Å². The van der Waals surface area contributed by atoms with Gasteiger partial charge in [-0.15, -0.1) is 0 Å². The first kappa shape index (κ1) is 20.0. The third-order valence-electron chi connectivity index (χ3n) is 4.75. The van der Waals surface area contributed by atoms with Crippen molar-refractivity contribution in [3.8, 4) is 0 Å². The summed E-state index contributed by atoms with van der Waals surface area (Å²) >= 11 is 0.890. The quantitative estimate of drug-likeness (QED) is 0.613. The monoisotopic (exact) mass is 402 g/mol. The molecule has 1 fully saturated rings. The Morgan fingerprint density at radius 1 is 1.11 bits per heavy atom. The van der Waals surface area contributed by atoms with Crippen molar-refractivity contribution in [3.63, 3.8) is 0 Å². The molecular formula is C19H22N4O4S. The van der Waals surface area contributed by atoms with Gasteiger partial charge in [0.25, 0.3) is 5.91 Å². The maximum atomic E-state index is 12.5. The molecule has 0 atom stereocenters. The molecule has 0 bridgehead atoms. The van der Waals surface area contributed by atoms with Crippen molar-refractivity contribution in [3.05, 3.63) is 56.5 Å². The Kier molecular flexibility index (Phi) is 6.05. The van der Waals surface area contributed by atoms with E-state index in [2.05, 4.69) is 5.32 Å². The van der Waals surface area contributed by atoms with Crippen molar-refractivity contribution < 1.29 is 14.5 Å². The number of hydrogen-bond donors (Lipinski definition) is 1. The van der Waals surface area contributed by atoms with Crippen LogP contribution < -0.4 is 5.32 Å². The maximum absolute atomic E-state index is 12.5. The molecule has 148 valence electrons. The zero-order valence-electron chi connectivity index (χ0n) is 15.8. The average Bonchev–Trinajstić information content (AvgIpc) is 3.15. The molecule has 1 N–H and O–H groups in total. The highest BCUT2D eigenvalue weighted by atomic mass is 32.1. The summed E-state index contributed by atoms with van der Waals surface area (Å²) in [5, 5.41) is 13.7. The number of carbonyl (C=O) groups is 2. The Bertz CT molecular complexity index is 883. The number of anilines is 1. The highest BCUT2D eigenvalue weighted by Crippen LogP contribution is 2.25. The van der Waals surface area contributed by atoms with Crippen molar-refractivity contribution in [2.45, 2.75) is 13.8 Å². The van der Waals surface area contributed by atoms with Crippen LogP contribution in [0.15, 0.2) is 30.3 Å². The molecule has 1 aliphatic heterocycles. The lowest BCUT2D eigenvalue weighted by atomic mass is 10.1. The minimum Gasteiger partial charge on any atom is -0.335 e. The highest BCUT2D eigenvalue weighted by Gasteiger charge is 2.25. The van der Waals surface area contributed by atoms with Gasteiger partial charge in [-0.2, -0.15) is 0 Å². The second kappa shape index (κ2) is 8.49. The second-order valence-electron chi connectivity index (χ2n) is 6.78. The number of para-hydroxylation sites is 1. The van der Waals surface area contributed by atoms with Crippen molar-refractivity contribution >= 4 is 33.8 Å². The summed E-state index contributed by atoms with van der Waals surface area (Å²) < 4.78 is 0. The van der Waals surface area contributed by atoms with Crippen molar-refractivity contribution in [1.29, 1.82) is 0 Å². The van der Waals surface area contributed by atoms with Gasteiger partial charge in [0.05, 0.1) is 16.3 Å². The van der Waals surface area contributed by atoms with Gasteiger partial charge < -0.3 is 10.2 Å². The van der Waals surface area contributed by atoms with E-state index in [1.807, 2.05) is 36.9 Å². The first-order valence-electron chi connectivity index (χ1n) is 8.97. The molecule has 9 heteroatoms. The summed E-state index contributed by atoms with van der Waals surface area (Å²) in [7, 11) is 0. The van der Waals surface area contributed by atoms with Crippen LogP contribution in [0, 0.1) is 24.0 Å². The fourth-order valence-electron chi connectivity index (χ4n) is 3.20. The molecule has 1 saturated heterocycles. The van der Waals surface area contributed by atoms with Gasteiger partial charge >= 0.3 is 5.00 Å². The first-order chi connectivity index (χ1) is 13.3. The maximum Gasteiger partial charge on any atom is 0.324 e. The van der Waals surface area contributed by atoms with Gasteiger partial charge in [-0.05, 0) is 31.0 Å². The minimum atomic E-state index is -0.492. The summed E-state index contributed by atoms with van der Waals surface area (Å²) in [6, 6.07) is 8.73. The van der Waals surface area contributed by atoms with Crippen LogP contribution in [0.5, 0.6) is 0 Å². The molecule has 0 saturated carbocycles. The van der Waals surface area contributed by atoms with Gasteiger partial charge in [0.2, 0.25) is 5.91 Å². The van der Waals surface area contributed by atoms with Crippen LogP contribution in [-0.4, -0.2) is 59.3 Å². The Morgan fingerprint density at radius 3 is 2.32 bits per heavy atom. The molecule has 2 heterocycles. The molecule has 1 aliphatic rings. The molecule has 2 amide bonds. The largest absolute Gasteiger partial charge is 0.335 e. The number of aryl methyl sites for hydroxylation is 2. The fraction of sp³-hybridized carbons (Fsp3) is 0.368. The van der Waals surface area contributed by atoms with E-state index >= 15 is 0 Å². The number of hydrogen-bond acceptors (Lipinski definition) is 6. The first-order valence-corrected chi connectivity index (χ1v) is 9.78. The van der Waals surface area contributed by atoms with E-state index in [9.17, 15) is 19.7 Å². The summed E-state index contributed by atoms with van der Waals surface area (Å²) in [5.41, 5.74) is 2.89. The van der Waals surface area contributed by atoms with Gasteiger partial charge in [0, 0.05) is 37.9 Å². The summed E-state index contributed by atoms with van der Waals surface area (Å²) in [6.07, 6.45) is 0. The normalized spacial score (nSPS) is 14.7. The zero-order valence-corrected chi connectivity index (χ0v) is 16.6. The van der Waals surface area contributed by atoms with E-state index in [4.69, 9.17) is 0 Å². The van der Waals surface area contributed by atoms with E-state index in [1.165, 1.54) is 12.1 Å². The number of amides is 2. The van der Waals surface area contributed by atoms with E-state index in [1.54, 1.807) is 4.90 Å². The number of carbonyl (C=O) groups excluding carboxylic acids is 2. The van der Waals surface area contributed by atoms with Gasteiger partial charge in [0.1, 0.15) is 0 Å². The predicted octanol–water partition coefficient (Wildman–Crippen LogP) is 2.67. The van der Waals surface area contributed by atoms with Crippen molar-refractivity contribution in [1.82, 2.24) is 9.80 Å². The molecule has 0 spiro atoms. The van der Waals surface area contributed by atoms with Crippen LogP contribution in [0.25, 0.3) is 0 Å². The molecule has 0 unspecified atom stereocenters. The van der Waals surface area contributed by atoms with Crippen molar-refractivity contribution in [2.75, 3.05) is 38.0 Å². The molecule has 28 heavy (non-hydrogen) atoms. The lowest BCUT2D eigenvalue weighted by Crippen LogP contribution is -2.50. The summed E-state index contributed by atoms with van der Waals surface area (Å²) in [6.45, 7) is 6.32. The Hall–Kier alpha value is -2.78. The lowest BCUT2D eigenvalue weighted by molar-refractivity contribution is -0.380. The topological polar surface area (TPSA) is 95.8 Å². The van der Waals surface area contributed by atoms with Crippen LogP contribution in [-0.2, 0) is 4.79 Å². The molecule has 8 nitrogen and oxygen atoms in total. The number of nitrogens with zero attached hydrogens (tertiary/aromatic N) is 3. The minimum absolute atomic E-state index is 0.0369. The van der Waals surface area contributed by atoms with Gasteiger partial charge in [-0.3, -0.25) is 24.6 Å². The predicted molar refractivity (Wildman–Crippen MR) is 108 cm³/mol.